The number of ether oxygens (including phenoxy) is 1. The average molecular weight is 438 g/mol. The molecule has 168 valence electrons. The normalized spacial score (nSPS) is 16.4. The minimum Gasteiger partial charge on any atom is -0.491 e. The van der Waals surface area contributed by atoms with Crippen LogP contribution in [0.3, 0.4) is 0 Å². The molecule has 0 radical (unpaired) electrons. The maximum atomic E-state index is 11.2. The summed E-state index contributed by atoms with van der Waals surface area (Å²) in [6.07, 6.45) is 5.40. The topological polar surface area (TPSA) is 120 Å². The maximum Gasteiger partial charge on any atom is 0.231 e. The predicted octanol–water partition coefficient (Wildman–Crippen LogP) is 0.784. The number of hydrogen-bond donors (Lipinski definition) is 1. The van der Waals surface area contributed by atoms with Crippen LogP contribution in [-0.4, -0.2) is 79.4 Å². The Labute approximate surface area is 185 Å². The Morgan fingerprint density at radius 3 is 2.72 bits per heavy atom. The van der Waals surface area contributed by atoms with E-state index in [-0.39, 0.29) is 11.9 Å². The van der Waals surface area contributed by atoms with E-state index in [4.69, 9.17) is 20.4 Å². The van der Waals surface area contributed by atoms with Crippen molar-refractivity contribution in [1.29, 1.82) is 0 Å². The molecule has 32 heavy (non-hydrogen) atoms. The third-order valence-corrected chi connectivity index (χ3v) is 5.83. The standard InChI is InChI=1S/C21H27N9O2/c1-14(2)30-21(24-13-25-30)16-11-29-7-8-32-17-9-19(23-10-15(17)20(29)26-16)28-5-3-27(4-6-28)12-18(22)31/h9-11,13-14H,3-8,12H2,1-2H3,(H2,22,31). The van der Waals surface area contributed by atoms with Crippen LogP contribution < -0.4 is 15.4 Å². The van der Waals surface area contributed by atoms with Crippen molar-refractivity contribution in [3.8, 4) is 28.7 Å². The molecule has 3 aromatic heterocycles. The molecule has 1 fully saturated rings. The van der Waals surface area contributed by atoms with Crippen LogP contribution >= 0.6 is 0 Å². The summed E-state index contributed by atoms with van der Waals surface area (Å²) in [6.45, 7) is 8.77. The molecule has 11 heteroatoms. The number of amides is 1. The molecule has 2 N–H and O–H groups in total. The summed E-state index contributed by atoms with van der Waals surface area (Å²) in [5.74, 6) is 2.91. The molecule has 0 bridgehead atoms. The lowest BCUT2D eigenvalue weighted by molar-refractivity contribution is -0.119. The van der Waals surface area contributed by atoms with Crippen LogP contribution in [0.5, 0.6) is 5.75 Å². The number of hydrogen-bond acceptors (Lipinski definition) is 8. The molecule has 0 atom stereocenters. The van der Waals surface area contributed by atoms with E-state index in [2.05, 4.69) is 38.3 Å². The average Bonchev–Trinajstić information content (AvgIpc) is 3.38. The third kappa shape index (κ3) is 3.79. The number of carbonyl (C=O) groups is 1. The summed E-state index contributed by atoms with van der Waals surface area (Å²) in [6, 6.07) is 2.18. The second kappa shape index (κ2) is 8.23. The van der Waals surface area contributed by atoms with Gasteiger partial charge in [0.25, 0.3) is 0 Å². The highest BCUT2D eigenvalue weighted by atomic mass is 16.5. The number of rotatable bonds is 5. The van der Waals surface area contributed by atoms with Gasteiger partial charge in [-0.2, -0.15) is 5.10 Å². The first-order chi connectivity index (χ1) is 15.5. The lowest BCUT2D eigenvalue weighted by Crippen LogP contribution is -2.49. The number of piperazine rings is 1. The summed E-state index contributed by atoms with van der Waals surface area (Å²) in [5.41, 5.74) is 6.96. The van der Waals surface area contributed by atoms with Crippen molar-refractivity contribution >= 4 is 11.7 Å². The van der Waals surface area contributed by atoms with Gasteiger partial charge in [0, 0.05) is 50.7 Å². The van der Waals surface area contributed by atoms with Crippen molar-refractivity contribution in [1.82, 2.24) is 34.2 Å². The second-order valence-electron chi connectivity index (χ2n) is 8.38. The van der Waals surface area contributed by atoms with Crippen LogP contribution in [0.1, 0.15) is 19.9 Å². The number of anilines is 1. The molecule has 2 aliphatic rings. The molecule has 11 nitrogen and oxygen atoms in total. The highest BCUT2D eigenvalue weighted by molar-refractivity contribution is 5.76. The zero-order valence-electron chi connectivity index (χ0n) is 18.3. The summed E-state index contributed by atoms with van der Waals surface area (Å²) < 4.78 is 10.0. The Morgan fingerprint density at radius 1 is 1.16 bits per heavy atom. The minimum absolute atomic E-state index is 0.192. The van der Waals surface area contributed by atoms with Crippen LogP contribution in [0, 0.1) is 0 Å². The highest BCUT2D eigenvalue weighted by Crippen LogP contribution is 2.35. The molecule has 2 aliphatic heterocycles. The van der Waals surface area contributed by atoms with Gasteiger partial charge in [-0.05, 0) is 13.8 Å². The number of aromatic nitrogens is 6. The van der Waals surface area contributed by atoms with Crippen molar-refractivity contribution in [3.05, 3.63) is 24.8 Å². The molecule has 5 heterocycles. The first-order valence-corrected chi connectivity index (χ1v) is 10.9. The van der Waals surface area contributed by atoms with E-state index >= 15 is 0 Å². The summed E-state index contributed by atoms with van der Waals surface area (Å²) in [5, 5.41) is 4.33. The van der Waals surface area contributed by atoms with E-state index in [9.17, 15) is 4.79 Å². The second-order valence-corrected chi connectivity index (χ2v) is 8.38. The predicted molar refractivity (Wildman–Crippen MR) is 118 cm³/mol. The summed E-state index contributed by atoms with van der Waals surface area (Å²) in [7, 11) is 0. The van der Waals surface area contributed by atoms with Gasteiger partial charge in [0.1, 0.15) is 36.0 Å². The molecular formula is C21H27N9O2. The van der Waals surface area contributed by atoms with Crippen molar-refractivity contribution in [2.45, 2.75) is 26.4 Å². The van der Waals surface area contributed by atoms with Gasteiger partial charge < -0.3 is 19.9 Å². The SMILES string of the molecule is CC(C)n1ncnc1-c1cn2c(n1)-c1cnc(N3CCN(CC(N)=O)CC3)cc1OCC2. The fourth-order valence-corrected chi connectivity index (χ4v) is 4.22. The van der Waals surface area contributed by atoms with E-state index in [0.717, 1.165) is 60.7 Å². The minimum atomic E-state index is -0.295. The lowest BCUT2D eigenvalue weighted by atomic mass is 10.2. The molecular weight excluding hydrogens is 410 g/mol. The van der Waals surface area contributed by atoms with E-state index in [1.807, 2.05) is 23.1 Å². The first kappa shape index (κ1) is 20.4. The zero-order valence-corrected chi connectivity index (χ0v) is 18.3. The molecule has 5 rings (SSSR count). The lowest BCUT2D eigenvalue weighted by Gasteiger charge is -2.34. The van der Waals surface area contributed by atoms with Crippen LogP contribution in [0.15, 0.2) is 24.8 Å². The monoisotopic (exact) mass is 437 g/mol. The van der Waals surface area contributed by atoms with Gasteiger partial charge in [0.2, 0.25) is 5.91 Å². The number of nitrogens with zero attached hydrogens (tertiary/aromatic N) is 8. The van der Waals surface area contributed by atoms with Crippen LogP contribution in [0.2, 0.25) is 0 Å². The molecule has 0 unspecified atom stereocenters. The largest absolute Gasteiger partial charge is 0.491 e. The number of pyridine rings is 1. The number of primary amides is 1. The molecule has 1 saturated heterocycles. The number of fused-ring (bicyclic) bond motifs is 3. The number of carbonyl (C=O) groups excluding carboxylic acids is 1. The number of nitrogens with two attached hydrogens (primary N) is 1. The molecule has 0 saturated carbocycles. The van der Waals surface area contributed by atoms with Crippen LogP contribution in [0.25, 0.3) is 22.9 Å². The summed E-state index contributed by atoms with van der Waals surface area (Å²) >= 11 is 0. The molecule has 0 spiro atoms. The van der Waals surface area contributed by atoms with Crippen molar-refractivity contribution in [2.75, 3.05) is 44.2 Å². The number of imidazole rings is 1. The zero-order chi connectivity index (χ0) is 22.2. The van der Waals surface area contributed by atoms with Gasteiger partial charge in [-0.25, -0.2) is 19.6 Å². The third-order valence-electron chi connectivity index (χ3n) is 5.83. The van der Waals surface area contributed by atoms with E-state index in [1.54, 1.807) is 6.33 Å². The Kier molecular flexibility index (Phi) is 5.25. The van der Waals surface area contributed by atoms with Gasteiger partial charge in [0.15, 0.2) is 5.82 Å². The van der Waals surface area contributed by atoms with Crippen molar-refractivity contribution in [3.63, 3.8) is 0 Å². The van der Waals surface area contributed by atoms with Gasteiger partial charge in [-0.3, -0.25) is 9.69 Å². The summed E-state index contributed by atoms with van der Waals surface area (Å²) in [4.78, 5) is 29.4. The maximum absolute atomic E-state index is 11.2. The van der Waals surface area contributed by atoms with Gasteiger partial charge >= 0.3 is 0 Å². The molecule has 0 aromatic carbocycles. The fourth-order valence-electron chi connectivity index (χ4n) is 4.22. The molecule has 1 amide bonds. The van der Waals surface area contributed by atoms with E-state index in [0.29, 0.717) is 19.7 Å². The smallest absolute Gasteiger partial charge is 0.231 e. The Morgan fingerprint density at radius 2 is 1.97 bits per heavy atom. The Balaban J connectivity index is 1.41. The van der Waals surface area contributed by atoms with Crippen molar-refractivity contribution in [2.24, 2.45) is 5.73 Å². The molecule has 0 aliphatic carbocycles. The highest BCUT2D eigenvalue weighted by Gasteiger charge is 2.24. The van der Waals surface area contributed by atoms with Gasteiger partial charge in [0.05, 0.1) is 18.7 Å². The molecule has 3 aromatic rings. The Hall–Kier alpha value is -3.47. The first-order valence-electron chi connectivity index (χ1n) is 10.9. The Bertz CT molecular complexity index is 1130. The fraction of sp³-hybridized carbons (Fsp3) is 0.476. The quantitative estimate of drug-likeness (QED) is 0.622. The van der Waals surface area contributed by atoms with E-state index in [1.165, 1.54) is 0 Å². The van der Waals surface area contributed by atoms with Crippen LogP contribution in [-0.2, 0) is 11.3 Å². The van der Waals surface area contributed by atoms with Crippen molar-refractivity contribution < 1.29 is 9.53 Å². The van der Waals surface area contributed by atoms with E-state index < -0.39 is 0 Å². The van der Waals surface area contributed by atoms with Gasteiger partial charge in [-0.15, -0.1) is 0 Å². The van der Waals surface area contributed by atoms with Crippen LogP contribution in [0.4, 0.5) is 5.82 Å². The van der Waals surface area contributed by atoms with Gasteiger partial charge in [-0.1, -0.05) is 0 Å².